The molecule has 31 heavy (non-hydrogen) atoms. The van der Waals surface area contributed by atoms with Crippen molar-refractivity contribution < 1.29 is 18.1 Å². The Balaban J connectivity index is 1.98. The van der Waals surface area contributed by atoms with Crippen molar-refractivity contribution in [1.29, 1.82) is 0 Å². The van der Waals surface area contributed by atoms with E-state index in [0.29, 0.717) is 5.75 Å². The van der Waals surface area contributed by atoms with Crippen LogP contribution in [0.1, 0.15) is 5.56 Å². The van der Waals surface area contributed by atoms with Crippen molar-refractivity contribution >= 4 is 49.2 Å². The number of nitrogens with one attached hydrogen (secondary N) is 2. The minimum Gasteiger partial charge on any atom is -0.495 e. The monoisotopic (exact) mass is 504 g/mol. The van der Waals surface area contributed by atoms with Gasteiger partial charge in [0.25, 0.3) is 15.7 Å². The van der Waals surface area contributed by atoms with E-state index in [1.165, 1.54) is 31.5 Å². The van der Waals surface area contributed by atoms with Gasteiger partial charge in [-0.15, -0.1) is 0 Å². The molecule has 0 saturated carbocycles. The number of rotatable bonds is 8. The third kappa shape index (κ3) is 5.38. The van der Waals surface area contributed by atoms with Crippen molar-refractivity contribution in [2.45, 2.75) is 4.90 Å². The molecule has 0 aromatic heterocycles. The molecule has 2 N–H and O–H groups in total. The van der Waals surface area contributed by atoms with Crippen LogP contribution >= 0.6 is 15.9 Å². The van der Waals surface area contributed by atoms with Crippen LogP contribution in [0.2, 0.25) is 0 Å². The van der Waals surface area contributed by atoms with Crippen molar-refractivity contribution in [1.82, 2.24) is 0 Å². The fourth-order valence-electron chi connectivity index (χ4n) is 2.62. The van der Waals surface area contributed by atoms with Gasteiger partial charge in [-0.1, -0.05) is 46.3 Å². The summed E-state index contributed by atoms with van der Waals surface area (Å²) >= 11 is 3.39. The molecule has 0 spiro atoms. The Morgan fingerprint density at radius 1 is 1.06 bits per heavy atom. The van der Waals surface area contributed by atoms with Crippen LogP contribution in [0.4, 0.5) is 17.1 Å². The highest BCUT2D eigenvalue weighted by molar-refractivity contribution is 9.10. The summed E-state index contributed by atoms with van der Waals surface area (Å²) in [5.74, 6) is 0.304. The lowest BCUT2D eigenvalue weighted by Crippen LogP contribution is -2.15. The lowest BCUT2D eigenvalue weighted by Gasteiger charge is -2.14. The maximum Gasteiger partial charge on any atom is 0.270 e. The molecule has 0 amide bonds. The minimum absolute atomic E-state index is 0.0660. The second kappa shape index (κ2) is 9.58. The highest BCUT2D eigenvalue weighted by Gasteiger charge is 2.23. The summed E-state index contributed by atoms with van der Waals surface area (Å²) in [6, 6.07) is 17.2. The van der Waals surface area contributed by atoms with Crippen LogP contribution in [0.25, 0.3) is 0 Å². The van der Waals surface area contributed by atoms with Crippen LogP contribution in [-0.4, -0.2) is 26.7 Å². The summed E-state index contributed by atoms with van der Waals surface area (Å²) < 4.78 is 34.5. The number of halogens is 1. The lowest BCUT2D eigenvalue weighted by atomic mass is 10.2. The summed E-state index contributed by atoms with van der Waals surface area (Å²) in [4.78, 5) is 10.2. The van der Waals surface area contributed by atoms with Crippen molar-refractivity contribution in [3.8, 4) is 5.75 Å². The van der Waals surface area contributed by atoms with Crippen LogP contribution in [0.15, 0.2) is 81.2 Å². The quantitative estimate of drug-likeness (QED) is 0.262. The Hall–Kier alpha value is -3.44. The van der Waals surface area contributed by atoms with E-state index in [1.807, 2.05) is 24.3 Å². The third-order valence-corrected chi connectivity index (χ3v) is 6.24. The molecule has 11 heteroatoms. The van der Waals surface area contributed by atoms with Gasteiger partial charge in [0.1, 0.15) is 10.6 Å². The average molecular weight is 505 g/mol. The predicted molar refractivity (Wildman–Crippen MR) is 122 cm³/mol. The molecule has 9 nitrogen and oxygen atoms in total. The number of nitro benzene ring substituents is 1. The molecule has 0 atom stereocenters. The van der Waals surface area contributed by atoms with E-state index in [-0.39, 0.29) is 22.0 Å². The molecule has 0 fully saturated rings. The number of methoxy groups -OCH3 is 1. The lowest BCUT2D eigenvalue weighted by molar-refractivity contribution is -0.385. The summed E-state index contributed by atoms with van der Waals surface area (Å²) in [7, 11) is -2.81. The number of ether oxygens (including phenoxy) is 1. The molecule has 160 valence electrons. The van der Waals surface area contributed by atoms with Gasteiger partial charge in [-0.2, -0.15) is 5.10 Å². The zero-order chi connectivity index (χ0) is 22.4. The number of anilines is 2. The second-order valence-electron chi connectivity index (χ2n) is 6.13. The topological polar surface area (TPSA) is 123 Å². The highest BCUT2D eigenvalue weighted by atomic mass is 79.9. The van der Waals surface area contributed by atoms with Gasteiger partial charge in [0.15, 0.2) is 0 Å². The summed E-state index contributed by atoms with van der Waals surface area (Å²) in [6.07, 6.45) is 1.50. The number of hydrogen-bond acceptors (Lipinski definition) is 7. The SMILES string of the molecule is COc1ccccc1NS(=O)(=O)c1cc([N+](=O)[O-])ccc1N/N=C/c1ccccc1Br. The predicted octanol–water partition coefficient (Wildman–Crippen LogP) is 4.61. The van der Waals surface area contributed by atoms with Crippen molar-refractivity contribution in [2.75, 3.05) is 17.3 Å². The molecule has 0 heterocycles. The Kier molecular flexibility index (Phi) is 6.88. The second-order valence-corrected chi connectivity index (χ2v) is 8.64. The van der Waals surface area contributed by atoms with Gasteiger partial charge in [-0.25, -0.2) is 8.42 Å². The average Bonchev–Trinajstić information content (AvgIpc) is 2.75. The minimum atomic E-state index is -4.22. The molecule has 0 radical (unpaired) electrons. The maximum atomic E-state index is 13.1. The van der Waals surface area contributed by atoms with E-state index in [1.54, 1.807) is 18.2 Å². The first kappa shape index (κ1) is 22.2. The molecule has 3 aromatic carbocycles. The summed E-state index contributed by atoms with van der Waals surface area (Å²) in [5, 5.41) is 15.3. The molecule has 0 saturated heterocycles. The first-order chi connectivity index (χ1) is 14.8. The van der Waals surface area contributed by atoms with E-state index in [9.17, 15) is 18.5 Å². The maximum absolute atomic E-state index is 13.1. The number of benzene rings is 3. The van der Waals surface area contributed by atoms with E-state index in [0.717, 1.165) is 16.1 Å². The van der Waals surface area contributed by atoms with Crippen LogP contribution in [0.5, 0.6) is 5.75 Å². The van der Waals surface area contributed by atoms with Gasteiger partial charge < -0.3 is 4.74 Å². The van der Waals surface area contributed by atoms with E-state index >= 15 is 0 Å². The van der Waals surface area contributed by atoms with Gasteiger partial charge in [0, 0.05) is 22.2 Å². The standard InChI is InChI=1S/C20H17BrN4O5S/c1-30-19-9-5-4-8-17(19)24-31(28,29)20-12-15(25(26)27)10-11-18(20)23-22-13-14-6-2-3-7-16(14)21/h2-13,23-24H,1H3/b22-13+. The van der Waals surface area contributed by atoms with Gasteiger partial charge >= 0.3 is 0 Å². The molecular formula is C20H17BrN4O5S. The fraction of sp³-hybridized carbons (Fsp3) is 0.0500. The number of sulfonamides is 1. The third-order valence-electron chi connectivity index (χ3n) is 4.11. The fourth-order valence-corrected chi connectivity index (χ4v) is 4.25. The first-order valence-electron chi connectivity index (χ1n) is 8.79. The molecular weight excluding hydrogens is 488 g/mol. The number of para-hydroxylation sites is 2. The Morgan fingerprint density at radius 3 is 2.48 bits per heavy atom. The zero-order valence-electron chi connectivity index (χ0n) is 16.2. The van der Waals surface area contributed by atoms with Crippen molar-refractivity contribution in [3.05, 3.63) is 86.9 Å². The van der Waals surface area contributed by atoms with Crippen molar-refractivity contribution in [3.63, 3.8) is 0 Å². The van der Waals surface area contributed by atoms with E-state index in [2.05, 4.69) is 31.2 Å². The number of non-ortho nitro benzene ring substituents is 1. The normalized spacial score (nSPS) is 11.3. The molecule has 0 aliphatic carbocycles. The Morgan fingerprint density at radius 2 is 1.77 bits per heavy atom. The van der Waals surface area contributed by atoms with Gasteiger partial charge in [-0.3, -0.25) is 20.3 Å². The zero-order valence-corrected chi connectivity index (χ0v) is 18.6. The first-order valence-corrected chi connectivity index (χ1v) is 11.1. The summed E-state index contributed by atoms with van der Waals surface area (Å²) in [5.41, 5.74) is 3.29. The van der Waals surface area contributed by atoms with Crippen molar-refractivity contribution in [2.24, 2.45) is 5.10 Å². The number of nitrogens with zero attached hydrogens (tertiary/aromatic N) is 2. The molecule has 0 aliphatic rings. The molecule has 0 bridgehead atoms. The molecule has 3 rings (SSSR count). The molecule has 0 aliphatic heterocycles. The highest BCUT2D eigenvalue weighted by Crippen LogP contribution is 2.31. The van der Waals surface area contributed by atoms with E-state index in [4.69, 9.17) is 4.74 Å². The van der Waals surface area contributed by atoms with E-state index < -0.39 is 14.9 Å². The van der Waals surface area contributed by atoms with Crippen LogP contribution in [0.3, 0.4) is 0 Å². The van der Waals surface area contributed by atoms with Crippen LogP contribution in [-0.2, 0) is 10.0 Å². The smallest absolute Gasteiger partial charge is 0.270 e. The Labute approximate surface area is 187 Å². The molecule has 3 aromatic rings. The Bertz CT molecular complexity index is 1250. The molecule has 0 unspecified atom stereocenters. The van der Waals surface area contributed by atoms with Gasteiger partial charge in [0.05, 0.1) is 29.6 Å². The van der Waals surface area contributed by atoms with Gasteiger partial charge in [0.2, 0.25) is 0 Å². The number of nitro groups is 1. The van der Waals surface area contributed by atoms with Gasteiger partial charge in [-0.05, 0) is 24.3 Å². The number of hydrazone groups is 1. The number of hydrogen-bond donors (Lipinski definition) is 2. The van der Waals surface area contributed by atoms with Crippen LogP contribution in [0, 0.1) is 10.1 Å². The largest absolute Gasteiger partial charge is 0.495 e. The van der Waals surface area contributed by atoms with Crippen LogP contribution < -0.4 is 14.9 Å². The summed E-state index contributed by atoms with van der Waals surface area (Å²) in [6.45, 7) is 0.